The molecule has 0 N–H and O–H groups in total. The highest BCUT2D eigenvalue weighted by atomic mass is 32.2. The molecule has 0 spiro atoms. The lowest BCUT2D eigenvalue weighted by Crippen LogP contribution is -2.26. The maximum Gasteiger partial charge on any atom is 0.317 e. The molecule has 27 heavy (non-hydrogen) atoms. The van der Waals surface area contributed by atoms with E-state index in [0.29, 0.717) is 22.7 Å². The van der Waals surface area contributed by atoms with Crippen LogP contribution in [0.15, 0.2) is 17.4 Å². The lowest BCUT2D eigenvalue weighted by Gasteiger charge is -2.17. The summed E-state index contributed by atoms with van der Waals surface area (Å²) in [5, 5.41) is 0.609. The molecular weight excluding hydrogens is 362 g/mol. The summed E-state index contributed by atoms with van der Waals surface area (Å²) in [5.74, 6) is 1.38. The number of methoxy groups -OCH3 is 1. The zero-order chi connectivity index (χ0) is 19.6. The molecule has 1 aliphatic carbocycles. The fraction of sp³-hybridized carbons (Fsp3) is 0.500. The second-order valence-electron chi connectivity index (χ2n) is 7.63. The molecule has 1 aliphatic rings. The molecule has 0 aliphatic heterocycles. The molecular formula is C20H25N3O3S. The number of aryl methyl sites for hydroxylation is 2. The maximum absolute atomic E-state index is 12.3. The van der Waals surface area contributed by atoms with Gasteiger partial charge in [-0.3, -0.25) is 4.79 Å². The standard InChI is InChI=1S/C20H25N3O3S/c1-12-9-10-21-16(25-5)14(12)11-27-19-22-15-8-6-7-13(15)17(23-19)26-18(24)20(2,3)4/h9-10H,6-8,11H2,1-5H3. The molecule has 6 nitrogen and oxygen atoms in total. The van der Waals surface area contributed by atoms with Crippen LogP contribution in [-0.2, 0) is 23.4 Å². The van der Waals surface area contributed by atoms with Crippen LogP contribution < -0.4 is 9.47 Å². The van der Waals surface area contributed by atoms with E-state index in [1.807, 2.05) is 33.8 Å². The number of ether oxygens (including phenoxy) is 2. The molecule has 0 amide bonds. The highest BCUT2D eigenvalue weighted by molar-refractivity contribution is 7.98. The zero-order valence-electron chi connectivity index (χ0n) is 16.5. The second kappa shape index (κ2) is 7.84. The molecule has 2 aromatic heterocycles. The first-order valence-electron chi connectivity index (χ1n) is 9.03. The summed E-state index contributed by atoms with van der Waals surface area (Å²) in [5.41, 5.74) is 3.49. The van der Waals surface area contributed by atoms with Crippen molar-refractivity contribution in [2.75, 3.05) is 7.11 Å². The fourth-order valence-electron chi connectivity index (χ4n) is 2.82. The van der Waals surface area contributed by atoms with Gasteiger partial charge in [0.05, 0.1) is 18.2 Å². The molecule has 7 heteroatoms. The van der Waals surface area contributed by atoms with Crippen molar-refractivity contribution >= 4 is 17.7 Å². The molecule has 144 valence electrons. The van der Waals surface area contributed by atoms with Crippen LogP contribution >= 0.6 is 11.8 Å². The smallest absolute Gasteiger partial charge is 0.317 e. The molecule has 0 atom stereocenters. The molecule has 0 fully saturated rings. The number of aromatic nitrogens is 3. The monoisotopic (exact) mass is 387 g/mol. The van der Waals surface area contributed by atoms with Crippen LogP contribution in [0.4, 0.5) is 0 Å². The van der Waals surface area contributed by atoms with E-state index in [2.05, 4.69) is 15.0 Å². The van der Waals surface area contributed by atoms with Crippen molar-refractivity contribution in [2.24, 2.45) is 5.41 Å². The van der Waals surface area contributed by atoms with Crippen molar-refractivity contribution in [1.82, 2.24) is 15.0 Å². The van der Waals surface area contributed by atoms with E-state index in [-0.39, 0.29) is 5.97 Å². The Labute approximate surface area is 164 Å². The fourth-order valence-corrected chi connectivity index (χ4v) is 3.77. The summed E-state index contributed by atoms with van der Waals surface area (Å²) in [6, 6.07) is 1.96. The summed E-state index contributed by atoms with van der Waals surface area (Å²) < 4.78 is 11.0. The highest BCUT2D eigenvalue weighted by Crippen LogP contribution is 2.33. The first-order chi connectivity index (χ1) is 12.8. The van der Waals surface area contributed by atoms with Crippen LogP contribution in [0.1, 0.15) is 49.6 Å². The van der Waals surface area contributed by atoms with Gasteiger partial charge in [-0.05, 0) is 58.6 Å². The number of hydrogen-bond donors (Lipinski definition) is 0. The summed E-state index contributed by atoms with van der Waals surface area (Å²) in [6.45, 7) is 7.54. The molecule has 2 heterocycles. The van der Waals surface area contributed by atoms with Gasteiger partial charge in [0.15, 0.2) is 5.16 Å². The summed E-state index contributed by atoms with van der Waals surface area (Å²) >= 11 is 1.50. The average molecular weight is 388 g/mol. The summed E-state index contributed by atoms with van der Waals surface area (Å²) in [6.07, 6.45) is 4.48. The molecule has 3 rings (SSSR count). The minimum Gasteiger partial charge on any atom is -0.481 e. The van der Waals surface area contributed by atoms with Gasteiger partial charge in [-0.25, -0.2) is 9.97 Å². The van der Waals surface area contributed by atoms with Crippen molar-refractivity contribution in [3.05, 3.63) is 34.6 Å². The van der Waals surface area contributed by atoms with Gasteiger partial charge >= 0.3 is 5.97 Å². The number of pyridine rings is 1. The topological polar surface area (TPSA) is 74.2 Å². The Balaban J connectivity index is 1.85. The predicted molar refractivity (Wildman–Crippen MR) is 104 cm³/mol. The number of esters is 1. The molecule has 0 saturated carbocycles. The Kier molecular flexibility index (Phi) is 5.69. The Morgan fingerprint density at radius 2 is 2.00 bits per heavy atom. The average Bonchev–Trinajstić information content (AvgIpc) is 3.08. The van der Waals surface area contributed by atoms with E-state index in [9.17, 15) is 4.79 Å². The van der Waals surface area contributed by atoms with Gasteiger partial charge in [0, 0.05) is 23.1 Å². The van der Waals surface area contributed by atoms with E-state index in [4.69, 9.17) is 9.47 Å². The van der Waals surface area contributed by atoms with Gasteiger partial charge < -0.3 is 9.47 Å². The first-order valence-corrected chi connectivity index (χ1v) is 10.0. The minimum atomic E-state index is -0.579. The molecule has 2 aromatic rings. The molecule has 0 unspecified atom stereocenters. The first kappa shape index (κ1) is 19.6. The van der Waals surface area contributed by atoms with Crippen molar-refractivity contribution in [3.63, 3.8) is 0 Å². The quantitative estimate of drug-likeness (QED) is 0.437. The largest absolute Gasteiger partial charge is 0.481 e. The Hall–Kier alpha value is -2.15. The highest BCUT2D eigenvalue weighted by Gasteiger charge is 2.28. The third-order valence-electron chi connectivity index (χ3n) is 4.47. The number of hydrogen-bond acceptors (Lipinski definition) is 7. The van der Waals surface area contributed by atoms with Gasteiger partial charge in [0.25, 0.3) is 0 Å². The Morgan fingerprint density at radius 1 is 1.22 bits per heavy atom. The third-order valence-corrected chi connectivity index (χ3v) is 5.34. The zero-order valence-corrected chi connectivity index (χ0v) is 17.3. The van der Waals surface area contributed by atoms with Crippen LogP contribution in [0.25, 0.3) is 0 Å². The lowest BCUT2D eigenvalue weighted by atomic mass is 9.97. The molecule has 0 aromatic carbocycles. The summed E-state index contributed by atoms with van der Waals surface area (Å²) in [7, 11) is 1.62. The molecule has 0 radical (unpaired) electrons. The van der Waals surface area contributed by atoms with Crippen LogP contribution in [0, 0.1) is 12.3 Å². The van der Waals surface area contributed by atoms with Crippen LogP contribution in [0.3, 0.4) is 0 Å². The van der Waals surface area contributed by atoms with Gasteiger partial charge in [-0.2, -0.15) is 4.98 Å². The van der Waals surface area contributed by atoms with E-state index >= 15 is 0 Å². The van der Waals surface area contributed by atoms with Gasteiger partial charge in [-0.15, -0.1) is 0 Å². The maximum atomic E-state index is 12.3. The molecule has 0 saturated heterocycles. The summed E-state index contributed by atoms with van der Waals surface area (Å²) in [4.78, 5) is 25.8. The van der Waals surface area contributed by atoms with Gasteiger partial charge in [0.1, 0.15) is 0 Å². The molecule has 0 bridgehead atoms. The van der Waals surface area contributed by atoms with Crippen molar-refractivity contribution in [3.8, 4) is 11.8 Å². The second-order valence-corrected chi connectivity index (χ2v) is 8.58. The normalized spacial score (nSPS) is 13.4. The lowest BCUT2D eigenvalue weighted by molar-refractivity contribution is -0.143. The predicted octanol–water partition coefficient (Wildman–Crippen LogP) is 3.92. The minimum absolute atomic E-state index is 0.281. The van der Waals surface area contributed by atoms with E-state index in [1.165, 1.54) is 11.8 Å². The van der Waals surface area contributed by atoms with Gasteiger partial charge in [0.2, 0.25) is 11.8 Å². The van der Waals surface area contributed by atoms with Crippen LogP contribution in [0.2, 0.25) is 0 Å². The number of rotatable bonds is 5. The Bertz CT molecular complexity index is 862. The van der Waals surface area contributed by atoms with E-state index in [1.54, 1.807) is 13.3 Å². The number of fused-ring (bicyclic) bond motifs is 1. The third kappa shape index (κ3) is 4.40. The van der Waals surface area contributed by atoms with Gasteiger partial charge in [-0.1, -0.05) is 11.8 Å². The number of thioether (sulfide) groups is 1. The SMILES string of the molecule is COc1nccc(C)c1CSc1nc2c(c(OC(=O)C(C)(C)C)n1)CCC2. The van der Waals surface area contributed by atoms with Crippen molar-refractivity contribution in [2.45, 2.75) is 57.9 Å². The number of carbonyl (C=O) groups is 1. The number of nitrogens with zero attached hydrogens (tertiary/aromatic N) is 3. The van der Waals surface area contributed by atoms with Crippen molar-refractivity contribution < 1.29 is 14.3 Å². The van der Waals surface area contributed by atoms with E-state index in [0.717, 1.165) is 41.6 Å². The van der Waals surface area contributed by atoms with Crippen LogP contribution in [0.5, 0.6) is 11.8 Å². The van der Waals surface area contributed by atoms with E-state index < -0.39 is 5.41 Å². The Morgan fingerprint density at radius 3 is 2.70 bits per heavy atom. The van der Waals surface area contributed by atoms with Crippen molar-refractivity contribution in [1.29, 1.82) is 0 Å². The number of carbonyl (C=O) groups excluding carboxylic acids is 1. The van der Waals surface area contributed by atoms with Crippen LogP contribution in [-0.4, -0.2) is 28.0 Å².